The lowest BCUT2D eigenvalue weighted by Gasteiger charge is -2.36. The molecule has 2 saturated carbocycles. The maximum absolute atomic E-state index is 14.8. The lowest BCUT2D eigenvalue weighted by atomic mass is 9.85. The number of thiazole rings is 1. The van der Waals surface area contributed by atoms with Crippen LogP contribution in [0.4, 0.5) is 9.93 Å². The number of alkyl carbamates (subject to hydrolysis) is 1. The fourth-order valence-electron chi connectivity index (χ4n) is 7.60. The number of nitrogens with zero attached hydrogens (tertiary/aromatic N) is 3. The first-order valence-corrected chi connectivity index (χ1v) is 21.1. The van der Waals surface area contributed by atoms with Crippen molar-refractivity contribution < 1.29 is 43.3 Å². The zero-order chi connectivity index (χ0) is 42.3. The van der Waals surface area contributed by atoms with Crippen LogP contribution in [-0.2, 0) is 23.9 Å². The van der Waals surface area contributed by atoms with Gasteiger partial charge in [-0.25, -0.2) is 19.6 Å². The highest BCUT2D eigenvalue weighted by atomic mass is 79.9. The van der Waals surface area contributed by atoms with Gasteiger partial charge in [-0.2, -0.15) is 0 Å². The van der Waals surface area contributed by atoms with Crippen molar-refractivity contribution in [3.63, 3.8) is 0 Å². The van der Waals surface area contributed by atoms with Crippen LogP contribution in [0.25, 0.3) is 22.3 Å². The Kier molecular flexibility index (Phi) is 12.4. The molecule has 0 spiro atoms. The van der Waals surface area contributed by atoms with Crippen LogP contribution in [-0.4, -0.2) is 93.2 Å². The van der Waals surface area contributed by atoms with E-state index in [4.69, 9.17) is 19.2 Å². The van der Waals surface area contributed by atoms with E-state index in [2.05, 4.69) is 43.4 Å². The zero-order valence-corrected chi connectivity index (χ0v) is 36.1. The molecule has 15 nitrogen and oxygen atoms in total. The van der Waals surface area contributed by atoms with Crippen molar-refractivity contribution in [2.75, 3.05) is 19.0 Å². The van der Waals surface area contributed by atoms with Crippen LogP contribution in [0.1, 0.15) is 73.6 Å². The molecule has 2 aliphatic carbocycles. The minimum atomic E-state index is -1.55. The highest BCUT2D eigenvalue weighted by Crippen LogP contribution is 2.46. The molecule has 6 atom stereocenters. The Hall–Kier alpha value is -4.77. The van der Waals surface area contributed by atoms with Crippen LogP contribution < -0.4 is 25.4 Å². The quantitative estimate of drug-likeness (QED) is 0.136. The Morgan fingerprint density at radius 3 is 2.41 bits per heavy atom. The van der Waals surface area contributed by atoms with E-state index < -0.39 is 64.9 Å². The van der Waals surface area contributed by atoms with Gasteiger partial charge in [-0.3, -0.25) is 14.4 Å². The summed E-state index contributed by atoms with van der Waals surface area (Å²) in [5, 5.41) is 21.3. The highest BCUT2D eigenvalue weighted by molar-refractivity contribution is 9.10. The van der Waals surface area contributed by atoms with Gasteiger partial charge in [-0.15, -0.1) is 17.9 Å². The van der Waals surface area contributed by atoms with Crippen LogP contribution in [0.15, 0.2) is 40.7 Å². The molecule has 3 heterocycles. The number of anilines is 1. The van der Waals surface area contributed by atoms with E-state index in [-0.39, 0.29) is 30.9 Å². The normalized spacial score (nSPS) is 23.6. The fourth-order valence-corrected chi connectivity index (χ4v) is 8.91. The van der Waals surface area contributed by atoms with Crippen LogP contribution >= 0.6 is 27.3 Å². The minimum Gasteiger partial charge on any atom is -0.495 e. The first-order chi connectivity index (χ1) is 27.4. The molecule has 3 aromatic rings. The summed E-state index contributed by atoms with van der Waals surface area (Å²) in [7, 11) is 1.54. The topological polar surface area (TPSA) is 198 Å². The smallest absolute Gasteiger partial charge is 0.408 e. The van der Waals surface area contributed by atoms with Crippen LogP contribution in [0, 0.1) is 23.2 Å². The van der Waals surface area contributed by atoms with Gasteiger partial charge in [0.2, 0.25) is 17.7 Å². The Labute approximate surface area is 349 Å². The largest absolute Gasteiger partial charge is 0.495 e. The maximum atomic E-state index is 14.8. The number of benzene rings is 1. The predicted octanol–water partition coefficient (Wildman–Crippen LogP) is 6.55. The van der Waals surface area contributed by atoms with Crippen LogP contribution in [0.2, 0.25) is 0 Å². The summed E-state index contributed by atoms with van der Waals surface area (Å²) >= 11 is 4.88. The van der Waals surface area contributed by atoms with E-state index in [1.165, 1.54) is 29.4 Å². The van der Waals surface area contributed by atoms with Gasteiger partial charge in [0.15, 0.2) is 5.13 Å². The summed E-state index contributed by atoms with van der Waals surface area (Å²) in [5.41, 5.74) is -0.976. The molecule has 3 aliphatic rings. The van der Waals surface area contributed by atoms with E-state index in [0.29, 0.717) is 43.4 Å². The van der Waals surface area contributed by atoms with Crippen molar-refractivity contribution in [2.24, 2.45) is 23.2 Å². The Bertz CT molecular complexity index is 2110. The summed E-state index contributed by atoms with van der Waals surface area (Å²) in [6.07, 6.45) is 3.31. The van der Waals surface area contributed by atoms with E-state index in [1.807, 2.05) is 0 Å². The van der Waals surface area contributed by atoms with Gasteiger partial charge < -0.3 is 40.2 Å². The van der Waals surface area contributed by atoms with Gasteiger partial charge in [0.25, 0.3) is 0 Å². The number of fused-ring (bicyclic) bond motifs is 1. The van der Waals surface area contributed by atoms with Crippen molar-refractivity contribution in [1.29, 1.82) is 0 Å². The van der Waals surface area contributed by atoms with Crippen molar-refractivity contribution in [1.82, 2.24) is 25.5 Å². The number of carboxylic acids is 1. The maximum Gasteiger partial charge on any atom is 0.408 e. The van der Waals surface area contributed by atoms with Gasteiger partial charge in [0.1, 0.15) is 47.0 Å². The SMILES string of the molecule is C=C[C@@H]1C[C@]1(NC(=O)[C@@H]1[C@@H](C)[C@@H](Oc2cc(-c3csc(NC(=O)C(C)C)n3)nc3c(Br)c(OC)ccc23)CN1C(=O)[C@@H](NC(=O)OC1CCCC1)C(C)(C)C)C(=O)O. The van der Waals surface area contributed by atoms with E-state index in [9.17, 15) is 29.1 Å². The number of amides is 4. The summed E-state index contributed by atoms with van der Waals surface area (Å²) in [6, 6.07) is 2.98. The van der Waals surface area contributed by atoms with Crippen molar-refractivity contribution in [3.05, 3.63) is 40.7 Å². The molecule has 0 radical (unpaired) electrons. The number of pyridine rings is 1. The zero-order valence-electron chi connectivity index (χ0n) is 33.7. The van der Waals surface area contributed by atoms with Gasteiger partial charge in [0, 0.05) is 34.6 Å². The molecule has 1 aromatic carbocycles. The van der Waals surface area contributed by atoms with Gasteiger partial charge in [-0.1, -0.05) is 47.6 Å². The molecule has 0 bridgehead atoms. The number of aliphatic carboxylic acids is 1. The molecule has 3 fully saturated rings. The average molecular weight is 884 g/mol. The third-order valence-electron chi connectivity index (χ3n) is 11.2. The first kappa shape index (κ1) is 42.8. The number of methoxy groups -OCH3 is 1. The molecule has 1 saturated heterocycles. The predicted molar refractivity (Wildman–Crippen MR) is 222 cm³/mol. The molecule has 4 amide bonds. The van der Waals surface area contributed by atoms with E-state index >= 15 is 0 Å². The van der Waals surface area contributed by atoms with Crippen LogP contribution in [0.5, 0.6) is 11.5 Å². The number of rotatable bonds is 13. The Morgan fingerprint density at radius 2 is 1.81 bits per heavy atom. The van der Waals surface area contributed by atoms with Crippen molar-refractivity contribution in [2.45, 2.75) is 103 Å². The minimum absolute atomic E-state index is 0.0759. The lowest BCUT2D eigenvalue weighted by Crippen LogP contribution is -2.60. The number of hydrogen-bond acceptors (Lipinski definition) is 11. The average Bonchev–Trinajstić information content (AvgIpc) is 3.50. The third kappa shape index (κ3) is 8.65. The second-order valence-electron chi connectivity index (χ2n) is 16.7. The molecule has 4 N–H and O–H groups in total. The Morgan fingerprint density at radius 1 is 1.10 bits per heavy atom. The lowest BCUT2D eigenvalue weighted by molar-refractivity contribution is -0.146. The fraction of sp³-hybridized carbons (Fsp3) is 0.537. The monoisotopic (exact) mass is 882 g/mol. The first-order valence-electron chi connectivity index (χ1n) is 19.4. The third-order valence-corrected chi connectivity index (χ3v) is 12.7. The molecular formula is C41H51BrN6O9S. The number of carbonyl (C=O) groups is 5. The number of likely N-dealkylation sites (tertiary alicyclic amines) is 1. The molecule has 17 heteroatoms. The number of aromatic nitrogens is 2. The van der Waals surface area contributed by atoms with Gasteiger partial charge >= 0.3 is 12.1 Å². The van der Waals surface area contributed by atoms with Crippen molar-refractivity contribution in [3.8, 4) is 22.9 Å². The molecule has 1 aliphatic heterocycles. The van der Waals surface area contributed by atoms with Crippen LogP contribution in [0.3, 0.4) is 0 Å². The number of nitrogens with one attached hydrogen (secondary N) is 3. The molecule has 2 aromatic heterocycles. The summed E-state index contributed by atoms with van der Waals surface area (Å²) < 4.78 is 18.6. The number of carboxylic acid groups (broad SMARTS) is 1. The summed E-state index contributed by atoms with van der Waals surface area (Å²) in [5.74, 6) is -3.10. The molecule has 0 unspecified atom stereocenters. The standard InChI is InChI=1S/C41H51BrN6O9S/c1-9-22-17-41(22,37(52)53)47-35(50)32-21(4)29(18-48(32)36(51)33(40(5,6)7)45-39(54)56-23-12-10-11-13-23)57-28-16-25(26-19-58-38(44-26)46-34(49)20(2)3)43-31-24(28)14-15-27(55-8)30(31)42/h9,14-16,19-23,29,32-33H,1,10-13,17-18H2,2-8H3,(H,45,54)(H,47,50)(H,52,53)(H,44,46,49)/t21-,22+,29-,32-,33+,41+/m0/s1. The Balaban J connectivity index is 1.37. The number of hydrogen-bond donors (Lipinski definition) is 4. The van der Waals surface area contributed by atoms with E-state index in [0.717, 1.165) is 25.7 Å². The van der Waals surface area contributed by atoms with E-state index in [1.54, 1.807) is 65.1 Å². The summed E-state index contributed by atoms with van der Waals surface area (Å²) in [4.78, 5) is 78.1. The number of carbonyl (C=O) groups excluding carboxylic acids is 4. The second-order valence-corrected chi connectivity index (χ2v) is 18.3. The number of halogens is 1. The number of ether oxygens (including phenoxy) is 3. The summed E-state index contributed by atoms with van der Waals surface area (Å²) in [6.45, 7) is 14.4. The van der Waals surface area contributed by atoms with Crippen molar-refractivity contribution >= 4 is 73.1 Å². The molecule has 58 heavy (non-hydrogen) atoms. The highest BCUT2D eigenvalue weighted by Gasteiger charge is 2.62. The molecule has 6 rings (SSSR count). The molecular weight excluding hydrogens is 832 g/mol. The molecule has 312 valence electrons. The van der Waals surface area contributed by atoms with Gasteiger partial charge in [0.05, 0.1) is 29.3 Å². The second kappa shape index (κ2) is 16.8. The van der Waals surface area contributed by atoms with Gasteiger partial charge in [-0.05, 0) is 65.6 Å².